The molecule has 8 nitrogen and oxygen atoms in total. The molecule has 0 aliphatic rings. The van der Waals surface area contributed by atoms with Crippen molar-refractivity contribution < 1.29 is 40.1 Å². The van der Waals surface area contributed by atoms with Crippen molar-refractivity contribution in [2.45, 2.75) is 12.4 Å². The summed E-state index contributed by atoms with van der Waals surface area (Å²) in [4.78, 5) is 18.3. The Bertz CT molecular complexity index is 1930. The summed E-state index contributed by atoms with van der Waals surface area (Å²) in [5, 5.41) is 10.7. The van der Waals surface area contributed by atoms with Crippen molar-refractivity contribution in [3.8, 4) is 22.9 Å². The third-order valence-corrected chi connectivity index (χ3v) is 5.87. The average molecular weight is 586 g/mol. The van der Waals surface area contributed by atoms with Crippen LogP contribution in [-0.2, 0) is 12.4 Å². The second kappa shape index (κ2) is 10.5. The van der Waals surface area contributed by atoms with Gasteiger partial charge in [-0.05, 0) is 60.7 Å². The molecule has 0 bridgehead atoms. The zero-order valence-electron chi connectivity index (χ0n) is 20.9. The molecule has 0 radical (unpaired) electrons. The second-order valence-electron chi connectivity index (χ2n) is 8.83. The van der Waals surface area contributed by atoms with Crippen LogP contribution in [0.1, 0.15) is 11.1 Å². The number of oxazole rings is 2. The molecule has 214 valence electrons. The predicted octanol–water partition coefficient (Wildman–Crippen LogP) is 8.52. The summed E-state index contributed by atoms with van der Waals surface area (Å²) in [7, 11) is 0. The third kappa shape index (κ3) is 6.01. The third-order valence-electron chi connectivity index (χ3n) is 5.87. The van der Waals surface area contributed by atoms with Gasteiger partial charge in [-0.2, -0.15) is 26.3 Å². The average Bonchev–Trinajstić information content (AvgIpc) is 3.56. The van der Waals surface area contributed by atoms with Gasteiger partial charge in [-0.15, -0.1) is 0 Å². The van der Waals surface area contributed by atoms with Gasteiger partial charge in [0.05, 0.1) is 16.1 Å². The quantitative estimate of drug-likeness (QED) is 0.0955. The molecule has 0 atom stereocenters. The van der Waals surface area contributed by atoms with Gasteiger partial charge in [0.1, 0.15) is 11.0 Å². The first-order valence-corrected chi connectivity index (χ1v) is 11.8. The van der Waals surface area contributed by atoms with Gasteiger partial charge < -0.3 is 14.6 Å². The number of fused-ring (bicyclic) bond motifs is 2. The maximum absolute atomic E-state index is 12.7. The van der Waals surface area contributed by atoms with Crippen LogP contribution in [0.15, 0.2) is 93.8 Å². The van der Waals surface area contributed by atoms with Gasteiger partial charge in [0, 0.05) is 28.9 Å². The molecule has 0 aliphatic heterocycles. The fourth-order valence-electron chi connectivity index (χ4n) is 3.88. The Hall–Kier alpha value is -5.40. The highest BCUT2D eigenvalue weighted by Crippen LogP contribution is 2.34. The minimum atomic E-state index is -4.47. The first-order chi connectivity index (χ1) is 19.8. The van der Waals surface area contributed by atoms with Gasteiger partial charge in [-0.3, -0.25) is 10.1 Å². The number of hydrogen-bond acceptors (Lipinski definition) is 7. The molecule has 6 rings (SSSR count). The van der Waals surface area contributed by atoms with E-state index in [4.69, 9.17) is 14.6 Å². The molecule has 6 aromatic rings. The van der Waals surface area contributed by atoms with E-state index in [1.807, 2.05) is 0 Å². The SMILES string of the molecule is Nc1ccc2oc(-c3cccc(C(F)(F)F)c3)nc2c1.O=[N+]([O-])c1ccc2oc(-c3cccc(C(F)(F)F)c3)nc2c1. The first-order valence-electron chi connectivity index (χ1n) is 11.8. The van der Waals surface area contributed by atoms with Crippen LogP contribution in [0.4, 0.5) is 37.7 Å². The van der Waals surface area contributed by atoms with Crippen LogP contribution in [0, 0.1) is 10.1 Å². The fraction of sp³-hybridized carbons (Fsp3) is 0.0714. The molecular formula is C28H16F6N4O4. The van der Waals surface area contributed by atoms with Crippen molar-refractivity contribution >= 4 is 33.6 Å². The van der Waals surface area contributed by atoms with Crippen LogP contribution in [0.2, 0.25) is 0 Å². The van der Waals surface area contributed by atoms with E-state index in [0.717, 1.165) is 24.3 Å². The van der Waals surface area contributed by atoms with E-state index in [1.54, 1.807) is 18.2 Å². The van der Waals surface area contributed by atoms with Crippen molar-refractivity contribution in [2.75, 3.05) is 5.73 Å². The van der Waals surface area contributed by atoms with Crippen molar-refractivity contribution in [2.24, 2.45) is 0 Å². The van der Waals surface area contributed by atoms with E-state index in [9.17, 15) is 36.5 Å². The lowest BCUT2D eigenvalue weighted by molar-refractivity contribution is -0.384. The standard InChI is InChI=1S/C14H7F3N2O3.C14H9F3N2O/c15-14(16,17)9-3-1-2-8(6-9)13-18-11-7-10(19(20)21)4-5-12(11)22-13;15-14(16,17)9-3-1-2-8(6-9)13-19-11-7-10(18)4-5-12(11)20-13/h1-7H;1-7H,18H2. The van der Waals surface area contributed by atoms with E-state index < -0.39 is 28.4 Å². The molecule has 42 heavy (non-hydrogen) atoms. The minimum Gasteiger partial charge on any atom is -0.436 e. The Balaban J connectivity index is 0.000000169. The summed E-state index contributed by atoms with van der Waals surface area (Å²) in [5.41, 5.74) is 6.29. The second-order valence-corrected chi connectivity index (χ2v) is 8.83. The number of anilines is 1. The molecule has 2 heterocycles. The molecule has 14 heteroatoms. The number of benzene rings is 4. The number of halogens is 6. The fourth-order valence-corrected chi connectivity index (χ4v) is 3.88. The number of alkyl halides is 6. The normalized spacial score (nSPS) is 11.9. The molecular weight excluding hydrogens is 570 g/mol. The lowest BCUT2D eigenvalue weighted by atomic mass is 10.1. The molecule has 0 aliphatic carbocycles. The van der Waals surface area contributed by atoms with E-state index in [-0.39, 0.29) is 39.7 Å². The Kier molecular flexibility index (Phi) is 7.06. The van der Waals surface area contributed by atoms with Crippen LogP contribution < -0.4 is 5.73 Å². The van der Waals surface area contributed by atoms with E-state index in [1.165, 1.54) is 42.5 Å². The van der Waals surface area contributed by atoms with Crippen LogP contribution in [0.25, 0.3) is 45.1 Å². The van der Waals surface area contributed by atoms with Gasteiger partial charge in [0.2, 0.25) is 11.8 Å². The number of hydrogen-bond donors (Lipinski definition) is 1. The number of nitro benzene ring substituents is 1. The summed E-state index contributed by atoms with van der Waals surface area (Å²) in [6.45, 7) is 0. The summed E-state index contributed by atoms with van der Waals surface area (Å²) in [6, 6.07) is 18.1. The van der Waals surface area contributed by atoms with Crippen LogP contribution >= 0.6 is 0 Å². The highest BCUT2D eigenvalue weighted by molar-refractivity contribution is 5.80. The lowest BCUT2D eigenvalue weighted by Gasteiger charge is -2.06. The Labute approximate surface area is 231 Å². The number of rotatable bonds is 3. The zero-order chi connectivity index (χ0) is 30.2. The molecule has 0 unspecified atom stereocenters. The molecule has 0 saturated heterocycles. The predicted molar refractivity (Wildman–Crippen MR) is 140 cm³/mol. The summed E-state index contributed by atoms with van der Waals surface area (Å²) in [5.74, 6) is 0.110. The summed E-state index contributed by atoms with van der Waals surface area (Å²) >= 11 is 0. The Morgan fingerprint density at radius 3 is 1.62 bits per heavy atom. The van der Waals surface area contributed by atoms with Crippen LogP contribution in [-0.4, -0.2) is 14.9 Å². The topological polar surface area (TPSA) is 121 Å². The van der Waals surface area contributed by atoms with Gasteiger partial charge in [0.15, 0.2) is 11.2 Å². The number of non-ortho nitro benzene ring substituents is 1. The van der Waals surface area contributed by atoms with E-state index in [2.05, 4.69) is 9.97 Å². The number of nitrogens with two attached hydrogens (primary N) is 1. The number of nitrogens with zero attached hydrogens (tertiary/aromatic N) is 3. The number of nitrogen functional groups attached to an aromatic ring is 1. The number of aromatic nitrogens is 2. The van der Waals surface area contributed by atoms with Crippen molar-refractivity contribution in [1.82, 2.24) is 9.97 Å². The van der Waals surface area contributed by atoms with Gasteiger partial charge in [-0.25, -0.2) is 9.97 Å². The van der Waals surface area contributed by atoms with Crippen molar-refractivity contribution in [3.63, 3.8) is 0 Å². The highest BCUT2D eigenvalue weighted by Gasteiger charge is 2.31. The van der Waals surface area contributed by atoms with Crippen LogP contribution in [0.5, 0.6) is 0 Å². The summed E-state index contributed by atoms with van der Waals surface area (Å²) < 4.78 is 86.9. The molecule has 0 saturated carbocycles. The Morgan fingerprint density at radius 2 is 1.14 bits per heavy atom. The maximum Gasteiger partial charge on any atom is 0.416 e. The zero-order valence-corrected chi connectivity index (χ0v) is 20.9. The van der Waals surface area contributed by atoms with Gasteiger partial charge >= 0.3 is 12.4 Å². The summed E-state index contributed by atoms with van der Waals surface area (Å²) in [6.07, 6.45) is -8.87. The molecule has 0 spiro atoms. The van der Waals surface area contributed by atoms with Gasteiger partial charge in [-0.1, -0.05) is 12.1 Å². The molecule has 0 amide bonds. The van der Waals surface area contributed by atoms with Crippen molar-refractivity contribution in [1.29, 1.82) is 0 Å². The lowest BCUT2D eigenvalue weighted by Crippen LogP contribution is -2.04. The largest absolute Gasteiger partial charge is 0.436 e. The molecule has 2 aromatic heterocycles. The molecule has 2 N–H and O–H groups in total. The Morgan fingerprint density at radius 1 is 0.667 bits per heavy atom. The molecule has 0 fully saturated rings. The highest BCUT2D eigenvalue weighted by atomic mass is 19.4. The number of nitro groups is 1. The van der Waals surface area contributed by atoms with E-state index in [0.29, 0.717) is 16.8 Å². The van der Waals surface area contributed by atoms with Gasteiger partial charge in [0.25, 0.3) is 5.69 Å². The van der Waals surface area contributed by atoms with E-state index >= 15 is 0 Å². The minimum absolute atomic E-state index is 0.0263. The smallest absolute Gasteiger partial charge is 0.416 e. The molecule has 4 aromatic carbocycles. The monoisotopic (exact) mass is 586 g/mol. The first kappa shape index (κ1) is 28.1. The maximum atomic E-state index is 12.7. The van der Waals surface area contributed by atoms with Crippen LogP contribution in [0.3, 0.4) is 0 Å². The van der Waals surface area contributed by atoms with Crippen molar-refractivity contribution in [3.05, 3.63) is 106 Å².